The Labute approximate surface area is 156 Å². The van der Waals surface area contributed by atoms with Gasteiger partial charge in [-0.15, -0.1) is 11.3 Å². The van der Waals surface area contributed by atoms with Crippen LogP contribution in [0.5, 0.6) is 0 Å². The molecular weight excluding hydrogens is 346 g/mol. The van der Waals surface area contributed by atoms with Crippen LogP contribution in [0.25, 0.3) is 11.0 Å². The second-order valence-corrected chi connectivity index (χ2v) is 7.66. The van der Waals surface area contributed by atoms with Gasteiger partial charge in [-0.3, -0.25) is 4.79 Å². The van der Waals surface area contributed by atoms with Crippen molar-refractivity contribution >= 4 is 28.3 Å². The summed E-state index contributed by atoms with van der Waals surface area (Å²) in [5.74, 6) is 1.45. The first-order valence-corrected chi connectivity index (χ1v) is 9.88. The molecule has 3 aromatic heterocycles. The number of nitrogens with zero attached hydrogens (tertiary/aromatic N) is 5. The van der Waals surface area contributed by atoms with Crippen LogP contribution in [0.4, 0.5) is 0 Å². The molecule has 7 heteroatoms. The second-order valence-electron chi connectivity index (χ2n) is 6.94. The fourth-order valence-corrected chi connectivity index (χ4v) is 3.93. The van der Waals surface area contributed by atoms with Crippen molar-refractivity contribution in [3.8, 4) is 0 Å². The fraction of sp³-hybridized carbons (Fsp3) is 0.421. The number of carbonyl (C=O) groups is 1. The Morgan fingerprint density at radius 2 is 2.04 bits per heavy atom. The quantitative estimate of drug-likeness (QED) is 0.707. The molecule has 0 atom stereocenters. The van der Waals surface area contributed by atoms with Gasteiger partial charge in [0, 0.05) is 41.9 Å². The van der Waals surface area contributed by atoms with E-state index in [0.717, 1.165) is 48.5 Å². The topological polar surface area (TPSA) is 71.9 Å². The summed E-state index contributed by atoms with van der Waals surface area (Å²) < 4.78 is 0. The van der Waals surface area contributed by atoms with Crippen LogP contribution in [-0.4, -0.2) is 43.8 Å². The number of rotatable bonds is 3. The van der Waals surface area contributed by atoms with Crippen LogP contribution in [-0.2, 0) is 0 Å². The van der Waals surface area contributed by atoms with Crippen LogP contribution in [0.2, 0.25) is 0 Å². The standard InChI is InChI=1S/C19H21N5OS/c1-12(2)17-22-16(14-4-3-7-20-18(14)23-17)13-5-8-24(9-6-13)19(25)15-10-26-11-21-15/h3-4,7,10-13H,5-6,8-9H2,1-2H3. The van der Waals surface area contributed by atoms with Crippen molar-refractivity contribution in [2.24, 2.45) is 0 Å². The third-order valence-corrected chi connectivity index (χ3v) is 5.44. The summed E-state index contributed by atoms with van der Waals surface area (Å²) in [6, 6.07) is 3.99. The van der Waals surface area contributed by atoms with Gasteiger partial charge in [0.15, 0.2) is 5.65 Å². The highest BCUT2D eigenvalue weighted by atomic mass is 32.1. The van der Waals surface area contributed by atoms with E-state index in [2.05, 4.69) is 34.9 Å². The van der Waals surface area contributed by atoms with E-state index in [1.54, 1.807) is 11.7 Å². The zero-order valence-electron chi connectivity index (χ0n) is 14.9. The Kier molecular flexibility index (Phi) is 4.63. The summed E-state index contributed by atoms with van der Waals surface area (Å²) in [4.78, 5) is 32.5. The minimum absolute atomic E-state index is 0.0294. The van der Waals surface area contributed by atoms with Crippen molar-refractivity contribution in [3.05, 3.63) is 46.4 Å². The van der Waals surface area contributed by atoms with E-state index in [9.17, 15) is 4.79 Å². The number of pyridine rings is 1. The molecule has 0 radical (unpaired) electrons. The smallest absolute Gasteiger partial charge is 0.273 e. The molecule has 0 N–H and O–H groups in total. The number of aromatic nitrogens is 4. The molecule has 6 nitrogen and oxygen atoms in total. The van der Waals surface area contributed by atoms with E-state index in [1.807, 2.05) is 16.3 Å². The molecule has 1 amide bonds. The van der Waals surface area contributed by atoms with E-state index in [4.69, 9.17) is 4.98 Å². The summed E-state index contributed by atoms with van der Waals surface area (Å²) in [5, 5.41) is 2.84. The predicted molar refractivity (Wildman–Crippen MR) is 101 cm³/mol. The lowest BCUT2D eigenvalue weighted by molar-refractivity contribution is 0.0707. The summed E-state index contributed by atoms with van der Waals surface area (Å²) in [7, 11) is 0. The zero-order chi connectivity index (χ0) is 18.1. The minimum atomic E-state index is 0.0294. The van der Waals surface area contributed by atoms with Crippen molar-refractivity contribution in [1.29, 1.82) is 0 Å². The van der Waals surface area contributed by atoms with Crippen LogP contribution >= 0.6 is 11.3 Å². The third-order valence-electron chi connectivity index (χ3n) is 4.85. The first-order chi connectivity index (χ1) is 12.6. The number of carbonyl (C=O) groups excluding carboxylic acids is 1. The predicted octanol–water partition coefficient (Wildman–Crippen LogP) is 3.62. The molecule has 1 saturated heterocycles. The van der Waals surface area contributed by atoms with Gasteiger partial charge in [0.1, 0.15) is 11.5 Å². The maximum absolute atomic E-state index is 12.5. The number of fused-ring (bicyclic) bond motifs is 1. The number of likely N-dealkylation sites (tertiary alicyclic amines) is 1. The van der Waals surface area contributed by atoms with Crippen LogP contribution in [0.15, 0.2) is 29.2 Å². The fourth-order valence-electron chi connectivity index (χ4n) is 3.41. The highest BCUT2D eigenvalue weighted by molar-refractivity contribution is 7.07. The van der Waals surface area contributed by atoms with E-state index in [0.29, 0.717) is 11.6 Å². The van der Waals surface area contributed by atoms with E-state index < -0.39 is 0 Å². The number of amides is 1. The molecule has 1 fully saturated rings. The van der Waals surface area contributed by atoms with Gasteiger partial charge in [0.2, 0.25) is 0 Å². The number of hydrogen-bond acceptors (Lipinski definition) is 6. The molecule has 0 bridgehead atoms. The monoisotopic (exact) mass is 367 g/mol. The number of hydrogen-bond donors (Lipinski definition) is 0. The third kappa shape index (κ3) is 3.19. The van der Waals surface area contributed by atoms with Crippen molar-refractivity contribution in [2.45, 2.75) is 38.5 Å². The lowest BCUT2D eigenvalue weighted by Crippen LogP contribution is -2.38. The molecule has 1 aliphatic heterocycles. The number of thiazole rings is 1. The number of piperidine rings is 1. The maximum Gasteiger partial charge on any atom is 0.273 e. The van der Waals surface area contributed by atoms with Crippen LogP contribution in [0, 0.1) is 0 Å². The highest BCUT2D eigenvalue weighted by Gasteiger charge is 2.28. The Bertz CT molecular complexity index is 917. The lowest BCUT2D eigenvalue weighted by atomic mass is 9.91. The van der Waals surface area contributed by atoms with Gasteiger partial charge in [-0.25, -0.2) is 19.9 Å². The molecule has 4 rings (SSSR count). The minimum Gasteiger partial charge on any atom is -0.337 e. The molecule has 0 aromatic carbocycles. The van der Waals surface area contributed by atoms with Crippen LogP contribution in [0.1, 0.15) is 60.5 Å². The van der Waals surface area contributed by atoms with Gasteiger partial charge in [-0.1, -0.05) is 13.8 Å². The second kappa shape index (κ2) is 7.07. The van der Waals surface area contributed by atoms with Crippen molar-refractivity contribution in [3.63, 3.8) is 0 Å². The van der Waals surface area contributed by atoms with Gasteiger partial charge in [-0.2, -0.15) is 0 Å². The SMILES string of the molecule is CC(C)c1nc(C2CCN(C(=O)c3cscn3)CC2)c2cccnc2n1. The average molecular weight is 367 g/mol. The van der Waals surface area contributed by atoms with Crippen molar-refractivity contribution < 1.29 is 4.79 Å². The molecule has 0 spiro atoms. The van der Waals surface area contributed by atoms with E-state index in [1.165, 1.54) is 11.3 Å². The summed E-state index contributed by atoms with van der Waals surface area (Å²) >= 11 is 1.45. The molecule has 0 unspecified atom stereocenters. The molecule has 0 saturated carbocycles. The Morgan fingerprint density at radius 1 is 1.23 bits per heavy atom. The van der Waals surface area contributed by atoms with Gasteiger partial charge < -0.3 is 4.90 Å². The van der Waals surface area contributed by atoms with Gasteiger partial charge in [0.25, 0.3) is 5.91 Å². The first kappa shape index (κ1) is 17.0. The lowest BCUT2D eigenvalue weighted by Gasteiger charge is -2.31. The Morgan fingerprint density at radius 3 is 2.73 bits per heavy atom. The van der Waals surface area contributed by atoms with Gasteiger partial charge in [-0.05, 0) is 25.0 Å². The normalized spacial score (nSPS) is 15.7. The molecule has 4 heterocycles. The van der Waals surface area contributed by atoms with Gasteiger partial charge in [0.05, 0.1) is 11.2 Å². The van der Waals surface area contributed by atoms with Crippen LogP contribution in [0.3, 0.4) is 0 Å². The van der Waals surface area contributed by atoms with Crippen molar-refractivity contribution in [2.75, 3.05) is 13.1 Å². The van der Waals surface area contributed by atoms with E-state index in [-0.39, 0.29) is 11.8 Å². The molecule has 3 aromatic rings. The molecular formula is C19H21N5OS. The first-order valence-electron chi connectivity index (χ1n) is 8.93. The Balaban J connectivity index is 1.58. The largest absolute Gasteiger partial charge is 0.337 e. The molecule has 26 heavy (non-hydrogen) atoms. The van der Waals surface area contributed by atoms with Gasteiger partial charge >= 0.3 is 0 Å². The molecule has 134 valence electrons. The Hall–Kier alpha value is -2.41. The highest BCUT2D eigenvalue weighted by Crippen LogP contribution is 2.32. The summed E-state index contributed by atoms with van der Waals surface area (Å²) in [6.07, 6.45) is 3.57. The van der Waals surface area contributed by atoms with E-state index >= 15 is 0 Å². The molecule has 1 aliphatic rings. The van der Waals surface area contributed by atoms with Crippen LogP contribution < -0.4 is 0 Å². The van der Waals surface area contributed by atoms with Crippen molar-refractivity contribution in [1.82, 2.24) is 24.8 Å². The average Bonchev–Trinajstić information content (AvgIpc) is 3.21. The zero-order valence-corrected chi connectivity index (χ0v) is 15.7. The molecule has 0 aliphatic carbocycles. The summed E-state index contributed by atoms with van der Waals surface area (Å²) in [6.45, 7) is 5.65. The summed E-state index contributed by atoms with van der Waals surface area (Å²) in [5.41, 5.74) is 4.09. The maximum atomic E-state index is 12.5.